The molecule has 0 saturated carbocycles. The first-order chi connectivity index (χ1) is 5.77. The van der Waals surface area contributed by atoms with E-state index in [0.29, 0.717) is 0 Å². The van der Waals surface area contributed by atoms with Crippen LogP contribution in [-0.2, 0) is 13.0 Å². The monoisotopic (exact) mass is 186 g/mol. The molecule has 0 aliphatic heterocycles. The first kappa shape index (κ1) is 9.59. The topological polar surface area (TPSA) is 17.8 Å². The van der Waals surface area contributed by atoms with Crippen molar-refractivity contribution in [3.05, 3.63) is 17.5 Å². The molecule has 0 amide bonds. The highest BCUT2D eigenvalue weighted by molar-refractivity contribution is 6.17. The highest BCUT2D eigenvalue weighted by Crippen LogP contribution is 2.06. The van der Waals surface area contributed by atoms with E-state index in [1.165, 1.54) is 5.69 Å². The van der Waals surface area contributed by atoms with E-state index in [2.05, 4.69) is 18.1 Å². The Morgan fingerprint density at radius 3 is 2.92 bits per heavy atom. The minimum absolute atomic E-state index is 0.730. The van der Waals surface area contributed by atoms with Gasteiger partial charge in [-0.2, -0.15) is 5.10 Å². The average molecular weight is 187 g/mol. The van der Waals surface area contributed by atoms with E-state index in [9.17, 15) is 0 Å². The molecular formula is C9H15ClN2. The number of nitrogens with zero attached hydrogens (tertiary/aromatic N) is 2. The Labute approximate surface area is 78.5 Å². The summed E-state index contributed by atoms with van der Waals surface area (Å²) in [4.78, 5) is 0. The molecule has 0 aromatic carbocycles. The van der Waals surface area contributed by atoms with Crippen LogP contribution in [0.5, 0.6) is 0 Å². The second-order valence-corrected chi connectivity index (χ2v) is 3.26. The van der Waals surface area contributed by atoms with Crippen LogP contribution in [-0.4, -0.2) is 15.7 Å². The van der Waals surface area contributed by atoms with Gasteiger partial charge in [0, 0.05) is 18.1 Å². The van der Waals surface area contributed by atoms with Crippen LogP contribution in [0.4, 0.5) is 0 Å². The molecule has 0 saturated heterocycles. The standard InChI is InChI=1S/C9H15ClN2/c1-3-12-9(5-4-6-10)7-8(2)11-12/h7H,3-6H2,1-2H3. The minimum atomic E-state index is 0.730. The number of halogens is 1. The molecule has 0 atom stereocenters. The SMILES string of the molecule is CCn1nc(C)cc1CCCCl. The summed E-state index contributed by atoms with van der Waals surface area (Å²) >= 11 is 5.62. The van der Waals surface area contributed by atoms with Gasteiger partial charge in [0.2, 0.25) is 0 Å². The fourth-order valence-corrected chi connectivity index (χ4v) is 1.46. The zero-order chi connectivity index (χ0) is 8.97. The fraction of sp³-hybridized carbons (Fsp3) is 0.667. The minimum Gasteiger partial charge on any atom is -0.270 e. The van der Waals surface area contributed by atoms with Gasteiger partial charge in [0.05, 0.1) is 5.69 Å². The van der Waals surface area contributed by atoms with Crippen molar-refractivity contribution in [3.63, 3.8) is 0 Å². The van der Waals surface area contributed by atoms with Crippen LogP contribution in [0.3, 0.4) is 0 Å². The van der Waals surface area contributed by atoms with Gasteiger partial charge in [-0.3, -0.25) is 4.68 Å². The van der Waals surface area contributed by atoms with Crippen LogP contribution in [0.1, 0.15) is 24.7 Å². The van der Waals surface area contributed by atoms with Gasteiger partial charge >= 0.3 is 0 Å². The third-order valence-corrected chi connectivity index (χ3v) is 2.12. The van der Waals surface area contributed by atoms with Crippen molar-refractivity contribution in [2.24, 2.45) is 0 Å². The van der Waals surface area contributed by atoms with Gasteiger partial charge in [0.15, 0.2) is 0 Å². The molecule has 1 rings (SSSR count). The summed E-state index contributed by atoms with van der Waals surface area (Å²) in [5.74, 6) is 0.730. The van der Waals surface area contributed by atoms with Gasteiger partial charge in [-0.15, -0.1) is 11.6 Å². The summed E-state index contributed by atoms with van der Waals surface area (Å²) in [5, 5.41) is 4.36. The molecule has 68 valence electrons. The second kappa shape index (κ2) is 4.51. The molecule has 0 fully saturated rings. The van der Waals surface area contributed by atoms with Gasteiger partial charge in [-0.05, 0) is 32.8 Å². The quantitative estimate of drug-likeness (QED) is 0.661. The average Bonchev–Trinajstić information content (AvgIpc) is 2.42. The van der Waals surface area contributed by atoms with E-state index in [-0.39, 0.29) is 0 Å². The summed E-state index contributed by atoms with van der Waals surface area (Å²) in [6, 6.07) is 2.13. The largest absolute Gasteiger partial charge is 0.270 e. The Morgan fingerprint density at radius 1 is 1.58 bits per heavy atom. The lowest BCUT2D eigenvalue weighted by atomic mass is 10.2. The molecule has 1 aromatic rings. The van der Waals surface area contributed by atoms with Gasteiger partial charge in [-0.25, -0.2) is 0 Å². The fourth-order valence-electron chi connectivity index (χ4n) is 1.32. The lowest BCUT2D eigenvalue weighted by molar-refractivity contribution is 0.612. The van der Waals surface area contributed by atoms with Crippen molar-refractivity contribution in [3.8, 4) is 0 Å². The van der Waals surface area contributed by atoms with Crippen molar-refractivity contribution in [1.29, 1.82) is 0 Å². The molecule has 0 aliphatic rings. The number of aryl methyl sites for hydroxylation is 3. The molecule has 1 aromatic heterocycles. The maximum atomic E-state index is 5.62. The van der Waals surface area contributed by atoms with Crippen LogP contribution in [0, 0.1) is 6.92 Å². The lowest BCUT2D eigenvalue weighted by Crippen LogP contribution is -2.02. The molecule has 0 spiro atoms. The van der Waals surface area contributed by atoms with Gasteiger partial charge in [0.25, 0.3) is 0 Å². The van der Waals surface area contributed by atoms with Crippen molar-refractivity contribution < 1.29 is 0 Å². The summed E-state index contributed by atoms with van der Waals surface area (Å²) in [5.41, 5.74) is 2.40. The van der Waals surface area contributed by atoms with Crippen LogP contribution < -0.4 is 0 Å². The predicted octanol–water partition coefficient (Wildman–Crippen LogP) is 2.38. The Bertz CT molecular complexity index is 243. The Balaban J connectivity index is 2.68. The number of rotatable bonds is 4. The van der Waals surface area contributed by atoms with Crippen LogP contribution in [0.15, 0.2) is 6.07 Å². The Kier molecular flexibility index (Phi) is 3.60. The molecular weight excluding hydrogens is 172 g/mol. The number of hydrogen-bond donors (Lipinski definition) is 0. The normalized spacial score (nSPS) is 10.6. The molecule has 0 aliphatic carbocycles. The van der Waals surface area contributed by atoms with E-state index in [1.54, 1.807) is 0 Å². The molecule has 0 N–H and O–H groups in total. The van der Waals surface area contributed by atoms with Crippen molar-refractivity contribution in [2.75, 3.05) is 5.88 Å². The van der Waals surface area contributed by atoms with Gasteiger partial charge in [0.1, 0.15) is 0 Å². The van der Waals surface area contributed by atoms with Gasteiger partial charge < -0.3 is 0 Å². The number of alkyl halides is 1. The highest BCUT2D eigenvalue weighted by Gasteiger charge is 2.02. The summed E-state index contributed by atoms with van der Waals surface area (Å²) in [7, 11) is 0. The summed E-state index contributed by atoms with van der Waals surface area (Å²) in [6.07, 6.45) is 2.07. The van der Waals surface area contributed by atoms with E-state index >= 15 is 0 Å². The molecule has 0 radical (unpaired) electrons. The second-order valence-electron chi connectivity index (χ2n) is 2.89. The van der Waals surface area contributed by atoms with Crippen molar-refractivity contribution in [2.45, 2.75) is 33.2 Å². The zero-order valence-electron chi connectivity index (χ0n) is 7.68. The van der Waals surface area contributed by atoms with Crippen molar-refractivity contribution in [1.82, 2.24) is 9.78 Å². The number of hydrogen-bond acceptors (Lipinski definition) is 1. The van der Waals surface area contributed by atoms with Crippen LogP contribution in [0.25, 0.3) is 0 Å². The smallest absolute Gasteiger partial charge is 0.0596 e. The van der Waals surface area contributed by atoms with Crippen LogP contribution >= 0.6 is 11.6 Å². The lowest BCUT2D eigenvalue weighted by Gasteiger charge is -2.01. The van der Waals surface area contributed by atoms with E-state index in [0.717, 1.165) is 31.0 Å². The van der Waals surface area contributed by atoms with E-state index in [1.807, 2.05) is 11.6 Å². The molecule has 2 nitrogen and oxygen atoms in total. The predicted molar refractivity (Wildman–Crippen MR) is 51.7 cm³/mol. The Hall–Kier alpha value is -0.500. The van der Waals surface area contributed by atoms with E-state index in [4.69, 9.17) is 11.6 Å². The molecule has 3 heteroatoms. The maximum Gasteiger partial charge on any atom is 0.0596 e. The summed E-state index contributed by atoms with van der Waals surface area (Å²) in [6.45, 7) is 5.08. The first-order valence-electron chi connectivity index (χ1n) is 4.37. The van der Waals surface area contributed by atoms with Gasteiger partial charge in [-0.1, -0.05) is 0 Å². The van der Waals surface area contributed by atoms with Crippen molar-refractivity contribution >= 4 is 11.6 Å². The maximum absolute atomic E-state index is 5.62. The Morgan fingerprint density at radius 2 is 2.33 bits per heavy atom. The zero-order valence-corrected chi connectivity index (χ0v) is 8.43. The third-order valence-electron chi connectivity index (χ3n) is 1.85. The third kappa shape index (κ3) is 2.24. The first-order valence-corrected chi connectivity index (χ1v) is 4.90. The molecule has 1 heterocycles. The molecule has 12 heavy (non-hydrogen) atoms. The van der Waals surface area contributed by atoms with Crippen LogP contribution in [0.2, 0.25) is 0 Å². The van der Waals surface area contributed by atoms with E-state index < -0.39 is 0 Å². The molecule has 0 bridgehead atoms. The highest BCUT2D eigenvalue weighted by atomic mass is 35.5. The molecule has 0 unspecified atom stereocenters. The summed E-state index contributed by atoms with van der Waals surface area (Å²) < 4.78 is 2.04. The number of aromatic nitrogens is 2.